The fourth-order valence-corrected chi connectivity index (χ4v) is 6.15. The summed E-state index contributed by atoms with van der Waals surface area (Å²) in [6.07, 6.45) is 6.75. The van der Waals surface area contributed by atoms with Crippen molar-refractivity contribution < 1.29 is 8.42 Å². The van der Waals surface area contributed by atoms with Crippen molar-refractivity contribution in [2.24, 2.45) is 11.8 Å². The highest BCUT2D eigenvalue weighted by molar-refractivity contribution is 7.90. The van der Waals surface area contributed by atoms with Gasteiger partial charge in [0.2, 0.25) is 10.0 Å². The minimum atomic E-state index is -3.19. The number of aromatic amines is 1. The van der Waals surface area contributed by atoms with Crippen LogP contribution in [0.2, 0.25) is 0 Å². The zero-order valence-electron chi connectivity index (χ0n) is 15.5. The van der Waals surface area contributed by atoms with Crippen LogP contribution >= 0.6 is 0 Å². The van der Waals surface area contributed by atoms with E-state index >= 15 is 0 Å². The molecule has 0 amide bonds. The smallest absolute Gasteiger partial charge is 0.214 e. The molecular weight excluding hydrogens is 364 g/mol. The van der Waals surface area contributed by atoms with Gasteiger partial charge in [0, 0.05) is 18.2 Å². The van der Waals surface area contributed by atoms with Crippen LogP contribution in [0.3, 0.4) is 0 Å². The lowest BCUT2D eigenvalue weighted by Crippen LogP contribution is -2.35. The van der Waals surface area contributed by atoms with E-state index in [9.17, 15) is 8.42 Å². The van der Waals surface area contributed by atoms with Crippen LogP contribution in [0.5, 0.6) is 0 Å². The second-order valence-electron chi connectivity index (χ2n) is 8.27. The Labute approximate surface area is 157 Å². The topological polar surface area (TPSA) is 105 Å². The molecular formula is C18H24N6O2S. The van der Waals surface area contributed by atoms with E-state index in [0.29, 0.717) is 11.8 Å². The molecule has 0 bridgehead atoms. The van der Waals surface area contributed by atoms with Crippen molar-refractivity contribution in [2.75, 3.05) is 0 Å². The molecule has 0 spiro atoms. The number of hydrogen-bond acceptors (Lipinski definition) is 5. The molecule has 0 saturated heterocycles. The van der Waals surface area contributed by atoms with Crippen molar-refractivity contribution in [3.8, 4) is 0 Å². The van der Waals surface area contributed by atoms with Crippen LogP contribution in [0.1, 0.15) is 51.3 Å². The van der Waals surface area contributed by atoms with E-state index in [4.69, 9.17) is 0 Å². The fraction of sp³-hybridized carbons (Fsp3) is 0.611. The highest BCUT2D eigenvalue weighted by Crippen LogP contribution is 2.44. The Hall–Kier alpha value is -2.00. The molecule has 3 heterocycles. The fourth-order valence-electron chi connectivity index (χ4n) is 4.55. The monoisotopic (exact) mass is 388 g/mol. The first-order chi connectivity index (χ1) is 12.9. The van der Waals surface area contributed by atoms with Gasteiger partial charge in [-0.25, -0.2) is 18.1 Å². The van der Waals surface area contributed by atoms with Gasteiger partial charge >= 0.3 is 0 Å². The summed E-state index contributed by atoms with van der Waals surface area (Å²) in [5.41, 5.74) is 2.48. The lowest BCUT2D eigenvalue weighted by Gasteiger charge is -2.21. The van der Waals surface area contributed by atoms with Crippen molar-refractivity contribution in [1.82, 2.24) is 29.3 Å². The molecule has 2 fully saturated rings. The van der Waals surface area contributed by atoms with Crippen LogP contribution in [0.25, 0.3) is 16.8 Å². The number of H-pyrrole nitrogens is 1. The summed E-state index contributed by atoms with van der Waals surface area (Å²) in [7, 11) is -3.19. The Kier molecular flexibility index (Phi) is 3.80. The van der Waals surface area contributed by atoms with E-state index in [1.807, 2.05) is 12.3 Å². The van der Waals surface area contributed by atoms with Gasteiger partial charge in [-0.15, -0.1) is 10.2 Å². The number of aromatic nitrogens is 5. The van der Waals surface area contributed by atoms with Gasteiger partial charge in [0.05, 0.1) is 17.0 Å². The minimum absolute atomic E-state index is 0.0381. The van der Waals surface area contributed by atoms with Crippen LogP contribution in [-0.4, -0.2) is 44.3 Å². The van der Waals surface area contributed by atoms with E-state index in [1.165, 1.54) is 0 Å². The third kappa shape index (κ3) is 2.84. The van der Waals surface area contributed by atoms with Crippen molar-refractivity contribution in [3.63, 3.8) is 0 Å². The average Bonchev–Trinajstić information content (AvgIpc) is 3.05. The largest absolute Gasteiger partial charge is 0.345 e. The molecule has 0 aromatic carbocycles. The van der Waals surface area contributed by atoms with Crippen LogP contribution in [0.4, 0.5) is 0 Å². The molecule has 3 aromatic heterocycles. The van der Waals surface area contributed by atoms with Gasteiger partial charge in [0.25, 0.3) is 0 Å². The maximum Gasteiger partial charge on any atom is 0.214 e. The third-order valence-corrected chi connectivity index (χ3v) is 8.07. The van der Waals surface area contributed by atoms with Crippen LogP contribution in [-0.2, 0) is 10.0 Å². The maximum atomic E-state index is 12.4. The van der Waals surface area contributed by atoms with Gasteiger partial charge in [-0.1, -0.05) is 13.8 Å². The normalized spacial score (nSPS) is 26.6. The summed E-state index contributed by atoms with van der Waals surface area (Å²) >= 11 is 0. The van der Waals surface area contributed by atoms with Gasteiger partial charge in [0.15, 0.2) is 11.3 Å². The maximum absolute atomic E-state index is 12.4. The third-order valence-electron chi connectivity index (χ3n) is 6.06. The number of nitrogens with one attached hydrogen (secondary N) is 2. The molecule has 2 aliphatic carbocycles. The molecule has 8 nitrogen and oxygen atoms in total. The SMILES string of the molecule is CC(C)[C@@H]1C[C@H](NS(=O)(=O)C2CC2)C[C@H]1c1nnc2cnc3[nH]ccc3n12. The lowest BCUT2D eigenvalue weighted by atomic mass is 9.85. The quantitative estimate of drug-likeness (QED) is 0.697. The zero-order valence-corrected chi connectivity index (χ0v) is 16.3. The molecule has 3 aromatic rings. The molecule has 0 aliphatic heterocycles. The minimum Gasteiger partial charge on any atom is -0.345 e. The molecule has 3 atom stereocenters. The number of hydrogen-bond donors (Lipinski definition) is 2. The van der Waals surface area contributed by atoms with Crippen molar-refractivity contribution in [3.05, 3.63) is 24.3 Å². The number of sulfonamides is 1. The Bertz CT molecular complexity index is 1100. The zero-order chi connectivity index (χ0) is 18.8. The van der Waals surface area contributed by atoms with Gasteiger partial charge in [-0.05, 0) is 43.6 Å². The summed E-state index contributed by atoms with van der Waals surface area (Å²) in [5.74, 6) is 1.85. The molecule has 2 aliphatic rings. The number of fused-ring (bicyclic) bond motifs is 3. The summed E-state index contributed by atoms with van der Waals surface area (Å²) in [4.78, 5) is 7.52. The summed E-state index contributed by atoms with van der Waals surface area (Å²) < 4.78 is 29.9. The molecule has 144 valence electrons. The molecule has 5 rings (SSSR count). The summed E-state index contributed by atoms with van der Waals surface area (Å²) in [6.45, 7) is 4.40. The van der Waals surface area contributed by atoms with E-state index in [-0.39, 0.29) is 17.2 Å². The lowest BCUT2D eigenvalue weighted by molar-refractivity contribution is 0.345. The van der Waals surface area contributed by atoms with Crippen molar-refractivity contribution in [2.45, 2.75) is 56.7 Å². The molecule has 0 radical (unpaired) electrons. The first-order valence-electron chi connectivity index (χ1n) is 9.62. The summed E-state index contributed by atoms with van der Waals surface area (Å²) in [6, 6.07) is 1.94. The first-order valence-corrected chi connectivity index (χ1v) is 11.2. The average molecular weight is 388 g/mol. The van der Waals surface area contributed by atoms with Gasteiger partial charge in [-0.2, -0.15) is 0 Å². The van der Waals surface area contributed by atoms with Crippen LogP contribution < -0.4 is 4.72 Å². The molecule has 2 saturated carbocycles. The van der Waals surface area contributed by atoms with Gasteiger partial charge in [0.1, 0.15) is 5.82 Å². The molecule has 2 N–H and O–H groups in total. The van der Waals surface area contributed by atoms with E-state index in [1.54, 1.807) is 6.20 Å². The number of nitrogens with zero attached hydrogens (tertiary/aromatic N) is 4. The first kappa shape index (κ1) is 17.1. The van der Waals surface area contributed by atoms with Gasteiger partial charge in [-0.3, -0.25) is 4.40 Å². The Morgan fingerprint density at radius 3 is 2.81 bits per heavy atom. The van der Waals surface area contributed by atoms with E-state index < -0.39 is 10.0 Å². The van der Waals surface area contributed by atoms with Crippen LogP contribution in [0, 0.1) is 11.8 Å². The highest BCUT2D eigenvalue weighted by atomic mass is 32.2. The number of rotatable bonds is 5. The Morgan fingerprint density at radius 1 is 1.26 bits per heavy atom. The predicted molar refractivity (Wildman–Crippen MR) is 102 cm³/mol. The van der Waals surface area contributed by atoms with E-state index in [2.05, 4.69) is 43.1 Å². The second-order valence-corrected chi connectivity index (χ2v) is 10.3. The highest BCUT2D eigenvalue weighted by Gasteiger charge is 2.43. The summed E-state index contributed by atoms with van der Waals surface area (Å²) in [5, 5.41) is 8.64. The molecule has 9 heteroatoms. The molecule has 27 heavy (non-hydrogen) atoms. The Morgan fingerprint density at radius 2 is 2.07 bits per heavy atom. The molecule has 0 unspecified atom stereocenters. The Balaban J connectivity index is 1.53. The van der Waals surface area contributed by atoms with Crippen LogP contribution in [0.15, 0.2) is 18.5 Å². The van der Waals surface area contributed by atoms with E-state index in [0.717, 1.165) is 48.3 Å². The predicted octanol–water partition coefficient (Wildman–Crippen LogP) is 2.21. The van der Waals surface area contributed by atoms with Crippen molar-refractivity contribution in [1.29, 1.82) is 0 Å². The standard InChI is InChI=1S/C18H24N6O2S/c1-10(2)13-7-11(23-27(25,26)12-3-4-12)8-14(13)18-22-21-16-9-20-17-15(24(16)18)5-6-19-17/h5-6,9-14,19,23H,3-4,7-8H2,1-2H3/t11-,13-,14+/m0/s1. The van der Waals surface area contributed by atoms with Crippen molar-refractivity contribution >= 4 is 26.8 Å². The van der Waals surface area contributed by atoms with Gasteiger partial charge < -0.3 is 4.98 Å². The second kappa shape index (κ2) is 6.00.